The van der Waals surface area contributed by atoms with E-state index in [0.29, 0.717) is 6.54 Å². The number of rotatable bonds is 2. The van der Waals surface area contributed by atoms with Crippen LogP contribution in [-0.4, -0.2) is 15.5 Å². The smallest absolute Gasteiger partial charge is 0.318 e. The van der Waals surface area contributed by atoms with E-state index in [1.807, 2.05) is 59.5 Å². The van der Waals surface area contributed by atoms with Crippen molar-refractivity contribution in [1.29, 1.82) is 0 Å². The fourth-order valence-electron chi connectivity index (χ4n) is 4.28. The molecule has 0 aliphatic carbocycles. The van der Waals surface area contributed by atoms with Gasteiger partial charge in [0.25, 0.3) is 0 Å². The van der Waals surface area contributed by atoms with Gasteiger partial charge in [-0.1, -0.05) is 60.7 Å². The highest BCUT2D eigenvalue weighted by Crippen LogP contribution is 2.37. The Morgan fingerprint density at radius 3 is 2.43 bits per heavy atom. The summed E-state index contributed by atoms with van der Waals surface area (Å²) in [6, 6.07) is 30.1. The third kappa shape index (κ3) is 3.16. The number of urea groups is 1. The highest BCUT2D eigenvalue weighted by Gasteiger charge is 2.33. The van der Waals surface area contributed by atoms with Gasteiger partial charge in [-0.05, 0) is 53.9 Å². The molecule has 4 heteroatoms. The number of hydrogen-bond acceptors (Lipinski definition) is 1. The van der Waals surface area contributed by atoms with Gasteiger partial charge in [-0.2, -0.15) is 0 Å². The Labute approximate surface area is 176 Å². The standard InChI is InChI=1S/C26H23N3O/c1-19-10-5-7-14-22(19)25-24-16-9-17-28(24)23-15-8-6-11-20(23)18-29(25)26(30)27-21-12-3-2-4-13-21/h2-17,25H,18H2,1H3,(H,27,30)/t25-/m1/s1. The van der Waals surface area contributed by atoms with Crippen molar-refractivity contribution in [1.82, 2.24) is 9.47 Å². The van der Waals surface area contributed by atoms with Crippen LogP contribution in [0.2, 0.25) is 0 Å². The third-order valence-electron chi connectivity index (χ3n) is 5.73. The van der Waals surface area contributed by atoms with E-state index in [1.54, 1.807) is 0 Å². The van der Waals surface area contributed by atoms with Gasteiger partial charge >= 0.3 is 6.03 Å². The van der Waals surface area contributed by atoms with Gasteiger partial charge in [-0.25, -0.2) is 4.79 Å². The zero-order valence-electron chi connectivity index (χ0n) is 16.8. The lowest BCUT2D eigenvalue weighted by Crippen LogP contribution is -2.38. The van der Waals surface area contributed by atoms with Gasteiger partial charge in [0.05, 0.1) is 12.2 Å². The van der Waals surface area contributed by atoms with Gasteiger partial charge in [0.1, 0.15) is 6.04 Å². The summed E-state index contributed by atoms with van der Waals surface area (Å²) in [6.45, 7) is 2.63. The fourth-order valence-corrected chi connectivity index (χ4v) is 4.28. The van der Waals surface area contributed by atoms with E-state index in [2.05, 4.69) is 59.4 Å². The minimum atomic E-state index is -0.197. The highest BCUT2D eigenvalue weighted by atomic mass is 16.2. The Balaban J connectivity index is 1.66. The number of fused-ring (bicyclic) bond motifs is 3. The summed E-state index contributed by atoms with van der Waals surface area (Å²) in [7, 11) is 0. The minimum absolute atomic E-state index is 0.112. The lowest BCUT2D eigenvalue weighted by molar-refractivity contribution is 0.194. The van der Waals surface area contributed by atoms with E-state index in [4.69, 9.17) is 0 Å². The average molecular weight is 393 g/mol. The zero-order chi connectivity index (χ0) is 20.5. The number of hydrogen-bond donors (Lipinski definition) is 1. The molecule has 30 heavy (non-hydrogen) atoms. The van der Waals surface area contributed by atoms with E-state index in [9.17, 15) is 4.79 Å². The number of nitrogens with one attached hydrogen (secondary N) is 1. The number of amides is 2. The van der Waals surface area contributed by atoms with Crippen LogP contribution in [0.4, 0.5) is 10.5 Å². The fraction of sp³-hybridized carbons (Fsp3) is 0.115. The van der Waals surface area contributed by atoms with Crippen LogP contribution in [-0.2, 0) is 6.54 Å². The van der Waals surface area contributed by atoms with Crippen molar-refractivity contribution in [2.45, 2.75) is 19.5 Å². The van der Waals surface area contributed by atoms with Crippen molar-refractivity contribution in [2.75, 3.05) is 5.32 Å². The highest BCUT2D eigenvalue weighted by molar-refractivity contribution is 5.90. The topological polar surface area (TPSA) is 37.3 Å². The van der Waals surface area contributed by atoms with Crippen LogP contribution in [0.5, 0.6) is 0 Å². The molecule has 0 spiro atoms. The molecule has 1 aromatic heterocycles. The van der Waals surface area contributed by atoms with E-state index in [1.165, 1.54) is 5.56 Å². The second-order valence-corrected chi connectivity index (χ2v) is 7.61. The summed E-state index contributed by atoms with van der Waals surface area (Å²) >= 11 is 0. The van der Waals surface area contributed by atoms with Crippen molar-refractivity contribution in [3.63, 3.8) is 0 Å². The number of benzene rings is 3. The molecule has 4 aromatic rings. The number of anilines is 1. The number of aromatic nitrogens is 1. The summed E-state index contributed by atoms with van der Waals surface area (Å²) in [5, 5.41) is 3.09. The molecular formula is C26H23N3O. The molecule has 2 amide bonds. The third-order valence-corrected chi connectivity index (χ3v) is 5.73. The Kier molecular flexibility index (Phi) is 4.60. The van der Waals surface area contributed by atoms with E-state index >= 15 is 0 Å². The average Bonchev–Trinajstić information content (AvgIpc) is 3.20. The summed E-state index contributed by atoms with van der Waals surface area (Å²) in [6.07, 6.45) is 2.08. The van der Waals surface area contributed by atoms with Crippen LogP contribution in [0.3, 0.4) is 0 Å². The first-order valence-electron chi connectivity index (χ1n) is 10.2. The molecule has 1 aliphatic rings. The first-order chi connectivity index (χ1) is 14.7. The quantitative estimate of drug-likeness (QED) is 0.451. The molecule has 148 valence electrons. The molecule has 0 bridgehead atoms. The Bertz CT molecular complexity index is 1200. The number of para-hydroxylation sites is 2. The molecule has 0 saturated carbocycles. The maximum atomic E-state index is 13.6. The van der Waals surface area contributed by atoms with Gasteiger partial charge in [0.15, 0.2) is 0 Å². The van der Waals surface area contributed by atoms with E-state index in [-0.39, 0.29) is 12.1 Å². The van der Waals surface area contributed by atoms with Crippen LogP contribution in [0, 0.1) is 6.92 Å². The molecule has 0 unspecified atom stereocenters. The first-order valence-corrected chi connectivity index (χ1v) is 10.2. The molecule has 2 heterocycles. The molecule has 3 aromatic carbocycles. The van der Waals surface area contributed by atoms with Crippen LogP contribution >= 0.6 is 0 Å². The van der Waals surface area contributed by atoms with Crippen LogP contribution < -0.4 is 5.32 Å². The molecule has 4 nitrogen and oxygen atoms in total. The molecule has 1 atom stereocenters. The van der Waals surface area contributed by atoms with Gasteiger partial charge in [0.2, 0.25) is 0 Å². The van der Waals surface area contributed by atoms with Crippen molar-refractivity contribution in [2.24, 2.45) is 0 Å². The van der Waals surface area contributed by atoms with Crippen LogP contribution in [0.1, 0.15) is 28.4 Å². The Morgan fingerprint density at radius 1 is 0.867 bits per heavy atom. The largest absolute Gasteiger partial charge is 0.322 e. The maximum absolute atomic E-state index is 13.6. The monoisotopic (exact) mass is 393 g/mol. The maximum Gasteiger partial charge on any atom is 0.322 e. The molecule has 1 aliphatic heterocycles. The van der Waals surface area contributed by atoms with Gasteiger partial charge in [-0.3, -0.25) is 0 Å². The summed E-state index contributed by atoms with van der Waals surface area (Å²) in [4.78, 5) is 15.5. The predicted molar refractivity (Wildman–Crippen MR) is 120 cm³/mol. The van der Waals surface area contributed by atoms with Crippen molar-refractivity contribution >= 4 is 11.7 Å². The zero-order valence-corrected chi connectivity index (χ0v) is 16.8. The number of aryl methyl sites for hydroxylation is 1. The molecule has 0 fully saturated rings. The van der Waals surface area contributed by atoms with Gasteiger partial charge in [-0.15, -0.1) is 0 Å². The van der Waals surface area contributed by atoms with Crippen LogP contribution in [0.25, 0.3) is 5.69 Å². The van der Waals surface area contributed by atoms with Crippen molar-refractivity contribution < 1.29 is 4.79 Å². The Hall–Kier alpha value is -3.79. The summed E-state index contributed by atoms with van der Waals surface area (Å²) < 4.78 is 2.21. The van der Waals surface area contributed by atoms with Crippen molar-refractivity contribution in [3.05, 3.63) is 120 Å². The van der Waals surface area contributed by atoms with Gasteiger partial charge < -0.3 is 14.8 Å². The Morgan fingerprint density at radius 2 is 1.60 bits per heavy atom. The normalized spacial score (nSPS) is 15.1. The van der Waals surface area contributed by atoms with E-state index < -0.39 is 0 Å². The predicted octanol–water partition coefficient (Wildman–Crippen LogP) is 5.92. The molecule has 1 N–H and O–H groups in total. The summed E-state index contributed by atoms with van der Waals surface area (Å²) in [5.74, 6) is 0. The van der Waals surface area contributed by atoms with E-state index in [0.717, 1.165) is 28.2 Å². The second-order valence-electron chi connectivity index (χ2n) is 7.61. The molecule has 0 saturated heterocycles. The lowest BCUT2D eigenvalue weighted by atomic mass is 9.97. The van der Waals surface area contributed by atoms with Crippen molar-refractivity contribution in [3.8, 4) is 5.69 Å². The second kappa shape index (κ2) is 7.56. The molecule has 5 rings (SSSR count). The minimum Gasteiger partial charge on any atom is -0.318 e. The number of carbonyl (C=O) groups is 1. The molecular weight excluding hydrogens is 370 g/mol. The first kappa shape index (κ1) is 18.3. The molecule has 0 radical (unpaired) electrons. The van der Waals surface area contributed by atoms with Gasteiger partial charge in [0, 0.05) is 17.6 Å². The van der Waals surface area contributed by atoms with Crippen LogP contribution in [0.15, 0.2) is 97.2 Å². The number of nitrogens with zero attached hydrogens (tertiary/aromatic N) is 2. The summed E-state index contributed by atoms with van der Waals surface area (Å²) in [5.41, 5.74) is 6.41. The SMILES string of the molecule is Cc1ccccc1[C@@H]1c2cccn2-c2ccccc2CN1C(=O)Nc1ccccc1. The lowest BCUT2D eigenvalue weighted by Gasteiger charge is -2.32. The number of carbonyl (C=O) groups excluding carboxylic acids is 1.